The van der Waals surface area contributed by atoms with Gasteiger partial charge in [0, 0.05) is 24.3 Å². The van der Waals surface area contributed by atoms with E-state index in [1.807, 2.05) is 31.3 Å². The summed E-state index contributed by atoms with van der Waals surface area (Å²) in [6.45, 7) is 2.00. The smallest absolute Gasteiger partial charge is 0.161 e. The molecular weight excluding hydrogens is 320 g/mol. The normalized spacial score (nSPS) is 13.1. The van der Waals surface area contributed by atoms with Gasteiger partial charge in [0.2, 0.25) is 0 Å². The number of pyridine rings is 1. The van der Waals surface area contributed by atoms with Gasteiger partial charge in [-0.15, -0.1) is 0 Å². The Bertz CT molecular complexity index is 601. The van der Waals surface area contributed by atoms with Crippen LogP contribution in [-0.2, 0) is 6.54 Å². The zero-order valence-corrected chi connectivity index (χ0v) is 12.8. The molecule has 0 bridgehead atoms. The number of fused-ring (bicyclic) bond motifs is 1. The van der Waals surface area contributed by atoms with Gasteiger partial charge in [-0.05, 0) is 45.8 Å². The fourth-order valence-electron chi connectivity index (χ4n) is 2.13. The SMILES string of the molecule is CN(Cc1ccc2c(c1)OCCO2)c1ccc(Br)cn1. The first-order valence-corrected chi connectivity index (χ1v) is 7.23. The highest BCUT2D eigenvalue weighted by Crippen LogP contribution is 2.31. The Morgan fingerprint density at radius 3 is 2.70 bits per heavy atom. The fraction of sp³-hybridized carbons (Fsp3) is 0.267. The van der Waals surface area contributed by atoms with Gasteiger partial charge in [-0.25, -0.2) is 4.98 Å². The van der Waals surface area contributed by atoms with Gasteiger partial charge in [-0.3, -0.25) is 0 Å². The molecule has 104 valence electrons. The molecule has 1 aromatic heterocycles. The number of benzene rings is 1. The van der Waals surface area contributed by atoms with Crippen LogP contribution in [0.25, 0.3) is 0 Å². The highest BCUT2D eigenvalue weighted by atomic mass is 79.9. The summed E-state index contributed by atoms with van der Waals surface area (Å²) in [6.07, 6.45) is 1.80. The standard InChI is InChI=1S/C15H15BrN2O2/c1-18(15-5-3-12(16)9-17-15)10-11-2-4-13-14(8-11)20-7-6-19-13/h2-5,8-9H,6-7,10H2,1H3. The van der Waals surface area contributed by atoms with Crippen molar-refractivity contribution in [3.8, 4) is 11.5 Å². The van der Waals surface area contributed by atoms with Crippen molar-refractivity contribution in [3.63, 3.8) is 0 Å². The monoisotopic (exact) mass is 334 g/mol. The van der Waals surface area contributed by atoms with Crippen molar-refractivity contribution in [2.75, 3.05) is 25.2 Å². The summed E-state index contributed by atoms with van der Waals surface area (Å²) in [4.78, 5) is 6.48. The van der Waals surface area contributed by atoms with Gasteiger partial charge in [0.25, 0.3) is 0 Å². The molecule has 0 saturated heterocycles. The number of ether oxygens (including phenoxy) is 2. The number of hydrogen-bond acceptors (Lipinski definition) is 4. The predicted octanol–water partition coefficient (Wildman–Crippen LogP) is 3.25. The van der Waals surface area contributed by atoms with Crippen LogP contribution in [0.2, 0.25) is 0 Å². The third kappa shape index (κ3) is 2.88. The van der Waals surface area contributed by atoms with Crippen LogP contribution in [0.3, 0.4) is 0 Å². The lowest BCUT2D eigenvalue weighted by atomic mass is 10.2. The molecule has 0 unspecified atom stereocenters. The predicted molar refractivity (Wildman–Crippen MR) is 81.5 cm³/mol. The van der Waals surface area contributed by atoms with E-state index >= 15 is 0 Å². The summed E-state index contributed by atoms with van der Waals surface area (Å²) >= 11 is 3.39. The Morgan fingerprint density at radius 1 is 1.15 bits per heavy atom. The molecule has 0 spiro atoms. The summed E-state index contributed by atoms with van der Waals surface area (Å²) < 4.78 is 12.1. The van der Waals surface area contributed by atoms with Crippen molar-refractivity contribution in [2.45, 2.75) is 6.54 Å². The van der Waals surface area contributed by atoms with Crippen LogP contribution >= 0.6 is 15.9 Å². The zero-order chi connectivity index (χ0) is 13.9. The minimum Gasteiger partial charge on any atom is -0.486 e. The molecule has 1 aliphatic rings. The van der Waals surface area contributed by atoms with Gasteiger partial charge in [-0.2, -0.15) is 0 Å². The van der Waals surface area contributed by atoms with Gasteiger partial charge in [0.1, 0.15) is 19.0 Å². The van der Waals surface area contributed by atoms with E-state index < -0.39 is 0 Å². The quantitative estimate of drug-likeness (QED) is 0.862. The van der Waals surface area contributed by atoms with Crippen LogP contribution in [0.4, 0.5) is 5.82 Å². The van der Waals surface area contributed by atoms with Crippen LogP contribution < -0.4 is 14.4 Å². The third-order valence-electron chi connectivity index (χ3n) is 3.13. The summed E-state index contributed by atoms with van der Waals surface area (Å²) in [5.41, 5.74) is 1.17. The molecule has 2 heterocycles. The first-order chi connectivity index (χ1) is 9.72. The number of rotatable bonds is 3. The first kappa shape index (κ1) is 13.2. The van der Waals surface area contributed by atoms with Crippen molar-refractivity contribution in [2.24, 2.45) is 0 Å². The third-order valence-corrected chi connectivity index (χ3v) is 3.60. The molecule has 0 saturated carbocycles. The number of halogens is 1. The van der Waals surface area contributed by atoms with Crippen molar-refractivity contribution in [1.29, 1.82) is 0 Å². The van der Waals surface area contributed by atoms with Crippen molar-refractivity contribution < 1.29 is 9.47 Å². The molecule has 0 amide bonds. The second kappa shape index (κ2) is 5.71. The van der Waals surface area contributed by atoms with Gasteiger partial charge in [0.05, 0.1) is 0 Å². The number of nitrogens with zero attached hydrogens (tertiary/aromatic N) is 2. The van der Waals surface area contributed by atoms with E-state index in [1.165, 1.54) is 5.56 Å². The minimum absolute atomic E-state index is 0.612. The van der Waals surface area contributed by atoms with E-state index in [4.69, 9.17) is 9.47 Å². The molecule has 1 aliphatic heterocycles. The molecule has 0 atom stereocenters. The molecule has 1 aromatic carbocycles. The van der Waals surface area contributed by atoms with Gasteiger partial charge >= 0.3 is 0 Å². The Kier molecular flexibility index (Phi) is 3.78. The first-order valence-electron chi connectivity index (χ1n) is 6.43. The maximum atomic E-state index is 5.60. The molecule has 2 aromatic rings. The second-order valence-electron chi connectivity index (χ2n) is 4.67. The lowest BCUT2D eigenvalue weighted by Gasteiger charge is -2.21. The summed E-state index contributed by atoms with van der Waals surface area (Å²) in [7, 11) is 2.02. The number of aromatic nitrogens is 1. The van der Waals surface area contributed by atoms with E-state index in [2.05, 4.69) is 31.9 Å². The van der Waals surface area contributed by atoms with Crippen molar-refractivity contribution in [1.82, 2.24) is 4.98 Å². The van der Waals surface area contributed by atoms with E-state index in [0.717, 1.165) is 28.3 Å². The molecule has 3 rings (SSSR count). The van der Waals surface area contributed by atoms with Crippen LogP contribution in [0.1, 0.15) is 5.56 Å². The van der Waals surface area contributed by atoms with E-state index in [9.17, 15) is 0 Å². The van der Waals surface area contributed by atoms with Crippen molar-refractivity contribution in [3.05, 3.63) is 46.6 Å². The average molecular weight is 335 g/mol. The lowest BCUT2D eigenvalue weighted by Crippen LogP contribution is -2.19. The highest BCUT2D eigenvalue weighted by Gasteiger charge is 2.12. The molecule has 5 heteroatoms. The summed E-state index contributed by atoms with van der Waals surface area (Å²) in [5, 5.41) is 0. The molecule has 0 N–H and O–H groups in total. The summed E-state index contributed by atoms with van der Waals surface area (Å²) in [6, 6.07) is 10.0. The molecule has 0 aliphatic carbocycles. The van der Waals surface area contributed by atoms with Crippen molar-refractivity contribution >= 4 is 21.7 Å². The Hall–Kier alpha value is -1.75. The molecular formula is C15H15BrN2O2. The van der Waals surface area contributed by atoms with E-state index in [-0.39, 0.29) is 0 Å². The molecule has 0 radical (unpaired) electrons. The Balaban J connectivity index is 1.75. The lowest BCUT2D eigenvalue weighted by molar-refractivity contribution is 0.171. The van der Waals surface area contributed by atoms with E-state index in [0.29, 0.717) is 13.2 Å². The number of hydrogen-bond donors (Lipinski definition) is 0. The van der Waals surface area contributed by atoms with Crippen LogP contribution in [-0.4, -0.2) is 25.2 Å². The van der Waals surface area contributed by atoms with Gasteiger partial charge < -0.3 is 14.4 Å². The van der Waals surface area contributed by atoms with Crippen LogP contribution in [0, 0.1) is 0 Å². The van der Waals surface area contributed by atoms with Crippen LogP contribution in [0.15, 0.2) is 41.0 Å². The van der Waals surface area contributed by atoms with E-state index in [1.54, 1.807) is 6.20 Å². The highest BCUT2D eigenvalue weighted by molar-refractivity contribution is 9.10. The number of anilines is 1. The zero-order valence-electron chi connectivity index (χ0n) is 11.2. The average Bonchev–Trinajstić information content (AvgIpc) is 2.48. The Labute approximate surface area is 126 Å². The fourth-order valence-corrected chi connectivity index (χ4v) is 2.37. The second-order valence-corrected chi connectivity index (χ2v) is 5.58. The van der Waals surface area contributed by atoms with Gasteiger partial charge in [0.15, 0.2) is 11.5 Å². The Morgan fingerprint density at radius 2 is 1.95 bits per heavy atom. The summed E-state index contributed by atoms with van der Waals surface area (Å²) in [5.74, 6) is 2.58. The van der Waals surface area contributed by atoms with Crippen LogP contribution in [0.5, 0.6) is 11.5 Å². The maximum absolute atomic E-state index is 5.60. The van der Waals surface area contributed by atoms with Gasteiger partial charge in [-0.1, -0.05) is 6.07 Å². The minimum atomic E-state index is 0.612. The molecule has 4 nitrogen and oxygen atoms in total. The molecule has 0 fully saturated rings. The topological polar surface area (TPSA) is 34.6 Å². The largest absolute Gasteiger partial charge is 0.486 e. The maximum Gasteiger partial charge on any atom is 0.161 e. The molecule has 20 heavy (non-hydrogen) atoms.